The quantitative estimate of drug-likeness (QED) is 0.827. The van der Waals surface area contributed by atoms with Crippen LogP contribution >= 0.6 is 11.6 Å². The summed E-state index contributed by atoms with van der Waals surface area (Å²) in [4.78, 5) is 27.3. The third kappa shape index (κ3) is 3.69. The van der Waals surface area contributed by atoms with Crippen molar-refractivity contribution < 1.29 is 4.79 Å². The minimum absolute atomic E-state index is 0.0376. The third-order valence-corrected chi connectivity index (χ3v) is 3.35. The smallest absolute Gasteiger partial charge is 0.291 e. The molecule has 0 saturated heterocycles. The second-order valence-electron chi connectivity index (χ2n) is 4.59. The minimum atomic E-state index is -0.380. The summed E-state index contributed by atoms with van der Waals surface area (Å²) in [5.41, 5.74) is 0.853. The second kappa shape index (κ2) is 6.53. The molecule has 2 rings (SSSR count). The molecule has 1 N–H and O–H groups in total. The maximum absolute atomic E-state index is 11.8. The van der Waals surface area contributed by atoms with Crippen LogP contribution < -0.4 is 10.9 Å². The molecule has 7 nitrogen and oxygen atoms in total. The highest BCUT2D eigenvalue weighted by Gasteiger charge is 2.12. The van der Waals surface area contributed by atoms with Gasteiger partial charge in [-0.1, -0.05) is 6.07 Å². The van der Waals surface area contributed by atoms with Gasteiger partial charge in [-0.25, -0.2) is 4.68 Å². The fourth-order valence-electron chi connectivity index (χ4n) is 1.89. The van der Waals surface area contributed by atoms with Crippen molar-refractivity contribution in [3.05, 3.63) is 45.4 Å². The highest BCUT2D eigenvalue weighted by atomic mass is 35.5. The number of amides is 1. The second-order valence-corrected chi connectivity index (χ2v) is 4.93. The van der Waals surface area contributed by atoms with Gasteiger partial charge in [0.25, 0.3) is 11.5 Å². The zero-order chi connectivity index (χ0) is 15.4. The first-order chi connectivity index (χ1) is 9.99. The van der Waals surface area contributed by atoms with Crippen LogP contribution in [0, 0.1) is 6.92 Å². The van der Waals surface area contributed by atoms with Crippen LogP contribution in [0.1, 0.15) is 22.7 Å². The van der Waals surface area contributed by atoms with Crippen LogP contribution in [0.15, 0.2) is 23.0 Å². The zero-order valence-electron chi connectivity index (χ0n) is 11.8. The van der Waals surface area contributed by atoms with Crippen molar-refractivity contribution >= 4 is 17.5 Å². The Morgan fingerprint density at radius 2 is 2.19 bits per heavy atom. The van der Waals surface area contributed by atoms with Gasteiger partial charge in [0.2, 0.25) is 11.1 Å². The summed E-state index contributed by atoms with van der Waals surface area (Å²) in [7, 11) is 1.61. The van der Waals surface area contributed by atoms with Crippen LogP contribution in [0.2, 0.25) is 5.28 Å². The van der Waals surface area contributed by atoms with Crippen LogP contribution in [0.4, 0.5) is 0 Å². The van der Waals surface area contributed by atoms with Crippen LogP contribution in [0.25, 0.3) is 0 Å². The van der Waals surface area contributed by atoms with E-state index in [0.29, 0.717) is 19.5 Å². The first-order valence-electron chi connectivity index (χ1n) is 6.50. The number of halogens is 1. The van der Waals surface area contributed by atoms with E-state index < -0.39 is 0 Å². The number of aromatic nitrogens is 4. The Morgan fingerprint density at radius 1 is 1.43 bits per heavy atom. The molecule has 2 aromatic rings. The molecule has 0 saturated carbocycles. The van der Waals surface area contributed by atoms with E-state index in [9.17, 15) is 9.59 Å². The Labute approximate surface area is 126 Å². The number of rotatable bonds is 5. The van der Waals surface area contributed by atoms with Crippen molar-refractivity contribution in [3.63, 3.8) is 0 Å². The van der Waals surface area contributed by atoms with Crippen molar-refractivity contribution in [2.24, 2.45) is 7.05 Å². The fourth-order valence-corrected chi connectivity index (χ4v) is 2.01. The Morgan fingerprint density at radius 3 is 2.81 bits per heavy atom. The van der Waals surface area contributed by atoms with Crippen molar-refractivity contribution in [1.82, 2.24) is 24.6 Å². The van der Waals surface area contributed by atoms with E-state index >= 15 is 0 Å². The van der Waals surface area contributed by atoms with E-state index in [1.807, 2.05) is 13.0 Å². The predicted octanol–water partition coefficient (Wildman–Crippen LogP) is 0.759. The van der Waals surface area contributed by atoms with Gasteiger partial charge in [-0.2, -0.15) is 4.98 Å². The summed E-state index contributed by atoms with van der Waals surface area (Å²) in [6.45, 7) is 2.84. The van der Waals surface area contributed by atoms with Crippen LogP contribution in [0.5, 0.6) is 0 Å². The summed E-state index contributed by atoms with van der Waals surface area (Å²) in [6.07, 6.45) is 0.636. The fraction of sp³-hybridized carbons (Fsp3) is 0.385. The van der Waals surface area contributed by atoms with Crippen LogP contribution in [-0.4, -0.2) is 31.8 Å². The molecule has 0 atom stereocenters. The van der Waals surface area contributed by atoms with Crippen molar-refractivity contribution in [2.75, 3.05) is 6.54 Å². The molecule has 0 aliphatic heterocycles. The van der Waals surface area contributed by atoms with Crippen LogP contribution in [0.3, 0.4) is 0 Å². The number of hydrogen-bond donors (Lipinski definition) is 1. The molecule has 0 aromatic carbocycles. The summed E-state index contributed by atoms with van der Waals surface area (Å²) < 4.78 is 2.99. The molecule has 1 amide bonds. The molecule has 2 heterocycles. The first-order valence-corrected chi connectivity index (χ1v) is 6.88. The average molecular weight is 310 g/mol. The van der Waals surface area contributed by atoms with E-state index in [1.54, 1.807) is 17.7 Å². The highest BCUT2D eigenvalue weighted by Crippen LogP contribution is 2.02. The van der Waals surface area contributed by atoms with E-state index in [-0.39, 0.29) is 22.6 Å². The molecule has 2 aromatic heterocycles. The summed E-state index contributed by atoms with van der Waals surface area (Å²) >= 11 is 5.72. The Bertz CT molecular complexity index is 687. The standard InChI is InChI=1S/C13H16ClN5O2/c1-9-5-3-6-10(20)19(9)8-4-7-15-12(21)11-16-13(14)18(2)17-11/h3,5-6H,4,7-8H2,1-2H3,(H,15,21). The summed E-state index contributed by atoms with van der Waals surface area (Å²) in [5.74, 6) is -0.342. The average Bonchev–Trinajstić information content (AvgIpc) is 2.77. The number of carbonyl (C=O) groups is 1. The van der Waals surface area contributed by atoms with Gasteiger partial charge in [0.05, 0.1) is 0 Å². The molecule has 0 aliphatic carbocycles. The van der Waals surface area contributed by atoms with Crippen molar-refractivity contribution in [2.45, 2.75) is 19.9 Å². The summed E-state index contributed by atoms with van der Waals surface area (Å²) in [6, 6.07) is 5.12. The molecular weight excluding hydrogens is 294 g/mol. The van der Waals surface area contributed by atoms with Gasteiger partial charge >= 0.3 is 0 Å². The summed E-state index contributed by atoms with van der Waals surface area (Å²) in [5, 5.41) is 6.74. The van der Waals surface area contributed by atoms with E-state index in [0.717, 1.165) is 5.69 Å². The molecule has 8 heteroatoms. The minimum Gasteiger partial charge on any atom is -0.349 e. The normalized spacial score (nSPS) is 10.6. The first kappa shape index (κ1) is 15.2. The number of hydrogen-bond acceptors (Lipinski definition) is 4. The zero-order valence-corrected chi connectivity index (χ0v) is 12.6. The van der Waals surface area contributed by atoms with Gasteiger partial charge in [0.1, 0.15) is 0 Å². The molecule has 0 fully saturated rings. The Balaban J connectivity index is 1.85. The molecule has 0 aliphatic rings. The van der Waals surface area contributed by atoms with Crippen molar-refractivity contribution in [3.8, 4) is 0 Å². The van der Waals surface area contributed by atoms with Gasteiger partial charge < -0.3 is 9.88 Å². The molecule has 0 spiro atoms. The van der Waals surface area contributed by atoms with Gasteiger partial charge in [-0.3, -0.25) is 9.59 Å². The number of carbonyl (C=O) groups excluding carboxylic acids is 1. The lowest BCUT2D eigenvalue weighted by Crippen LogP contribution is -2.28. The Kier molecular flexibility index (Phi) is 4.74. The molecule has 112 valence electrons. The van der Waals surface area contributed by atoms with Crippen LogP contribution in [-0.2, 0) is 13.6 Å². The monoisotopic (exact) mass is 309 g/mol. The number of nitrogens with zero attached hydrogens (tertiary/aromatic N) is 4. The molecule has 21 heavy (non-hydrogen) atoms. The van der Waals surface area contributed by atoms with Gasteiger partial charge in [0, 0.05) is 31.9 Å². The third-order valence-electron chi connectivity index (χ3n) is 3.03. The number of nitrogens with one attached hydrogen (secondary N) is 1. The lowest BCUT2D eigenvalue weighted by molar-refractivity contribution is 0.0942. The predicted molar refractivity (Wildman–Crippen MR) is 78.4 cm³/mol. The number of pyridine rings is 1. The molecule has 0 bridgehead atoms. The highest BCUT2D eigenvalue weighted by molar-refractivity contribution is 6.28. The molecule has 0 radical (unpaired) electrons. The van der Waals surface area contributed by atoms with E-state index in [4.69, 9.17) is 11.6 Å². The SMILES string of the molecule is Cc1cccc(=O)n1CCCNC(=O)c1nc(Cl)n(C)n1. The lowest BCUT2D eigenvalue weighted by atomic mass is 10.3. The maximum Gasteiger partial charge on any atom is 0.291 e. The lowest BCUT2D eigenvalue weighted by Gasteiger charge is -2.09. The maximum atomic E-state index is 11.8. The van der Waals surface area contributed by atoms with Gasteiger partial charge in [-0.15, -0.1) is 5.10 Å². The van der Waals surface area contributed by atoms with E-state index in [2.05, 4.69) is 15.4 Å². The van der Waals surface area contributed by atoms with Crippen molar-refractivity contribution in [1.29, 1.82) is 0 Å². The van der Waals surface area contributed by atoms with Gasteiger partial charge in [0.15, 0.2) is 0 Å². The largest absolute Gasteiger partial charge is 0.349 e. The topological polar surface area (TPSA) is 81.8 Å². The molecular formula is C13H16ClN5O2. The van der Waals surface area contributed by atoms with Gasteiger partial charge in [-0.05, 0) is 31.0 Å². The van der Waals surface area contributed by atoms with E-state index in [1.165, 1.54) is 10.7 Å². The Hall–Kier alpha value is -2.15. The number of aryl methyl sites for hydroxylation is 2. The molecule has 0 unspecified atom stereocenters.